The van der Waals surface area contributed by atoms with Gasteiger partial charge in [0.05, 0.1) is 12.7 Å². The van der Waals surface area contributed by atoms with Gasteiger partial charge < -0.3 is 13.6 Å². The zero-order chi connectivity index (χ0) is 18.0. The topological polar surface area (TPSA) is 48.7 Å². The van der Waals surface area contributed by atoms with Crippen molar-refractivity contribution >= 4 is 8.32 Å². The first-order chi connectivity index (χ1) is 10.5. The summed E-state index contributed by atoms with van der Waals surface area (Å²) in [7, 11) is -0.519. The highest BCUT2D eigenvalue weighted by atomic mass is 28.4. The predicted octanol–water partition coefficient (Wildman–Crippen LogP) is 4.90. The Morgan fingerprint density at radius 3 is 2.26 bits per heavy atom. The summed E-state index contributed by atoms with van der Waals surface area (Å²) in [5, 5.41) is 0.0649. The Morgan fingerprint density at radius 2 is 1.83 bits per heavy atom. The normalized spacial score (nSPS) is 13.7. The monoisotopic (exact) mass is 338 g/mol. The summed E-state index contributed by atoms with van der Waals surface area (Å²) in [6.07, 6.45) is 2.06. The Hall–Kier alpha value is -1.33. The third kappa shape index (κ3) is 4.15. The number of methoxy groups -OCH3 is 1. The number of rotatable bonds is 6. The van der Waals surface area contributed by atoms with E-state index in [-0.39, 0.29) is 22.5 Å². The molecule has 5 heteroatoms. The molecule has 23 heavy (non-hydrogen) atoms. The first-order valence-electron chi connectivity index (χ1n) is 7.93. The summed E-state index contributed by atoms with van der Waals surface area (Å²) in [6, 6.07) is 0. The van der Waals surface area contributed by atoms with E-state index in [1.165, 1.54) is 7.11 Å². The molecule has 0 aliphatic carbocycles. The average molecular weight is 339 g/mol. The minimum absolute atomic E-state index is 0.0593. The second-order valence-corrected chi connectivity index (χ2v) is 12.2. The fourth-order valence-corrected chi connectivity index (χ4v) is 3.40. The van der Waals surface area contributed by atoms with Gasteiger partial charge in [0.2, 0.25) is 0 Å². The Labute approximate surface area is 140 Å². The van der Waals surface area contributed by atoms with Crippen LogP contribution in [0.25, 0.3) is 0 Å². The van der Waals surface area contributed by atoms with Crippen LogP contribution in [0.1, 0.15) is 50.2 Å². The van der Waals surface area contributed by atoms with Gasteiger partial charge in [-0.25, -0.2) is 0 Å². The first kappa shape index (κ1) is 19.7. The zero-order valence-electron chi connectivity index (χ0n) is 15.7. The largest absolute Gasteiger partial charge is 0.468 e. The molecule has 0 bridgehead atoms. The summed E-state index contributed by atoms with van der Waals surface area (Å²) in [5.74, 6) is 0.797. The molecular formula is C18H30O4Si. The van der Waals surface area contributed by atoms with Crippen molar-refractivity contribution in [2.75, 3.05) is 7.11 Å². The molecule has 0 aliphatic rings. The van der Waals surface area contributed by atoms with Crippen LogP contribution in [0.15, 0.2) is 21.9 Å². The lowest BCUT2D eigenvalue weighted by atomic mass is 10.1. The molecule has 1 aromatic heterocycles. The van der Waals surface area contributed by atoms with E-state index in [0.717, 1.165) is 0 Å². The van der Waals surface area contributed by atoms with E-state index in [9.17, 15) is 4.79 Å². The third-order valence-electron chi connectivity index (χ3n) is 4.66. The SMILES string of the molecule is C=CC[C@@H](O[Si](C)(C)C(C)(C)C)c1oc(OC)c(C)c(=O)c1C. The average Bonchev–Trinajstić information content (AvgIpc) is 2.43. The number of hydrogen-bond acceptors (Lipinski definition) is 4. The van der Waals surface area contributed by atoms with Crippen LogP contribution in [0.4, 0.5) is 0 Å². The molecule has 0 aliphatic heterocycles. The summed E-state index contributed by atoms with van der Waals surface area (Å²) < 4.78 is 17.6. The van der Waals surface area contributed by atoms with Gasteiger partial charge in [0, 0.05) is 5.56 Å². The van der Waals surface area contributed by atoms with Crippen molar-refractivity contribution in [3.8, 4) is 5.95 Å². The maximum absolute atomic E-state index is 12.4. The van der Waals surface area contributed by atoms with Gasteiger partial charge in [0.1, 0.15) is 11.9 Å². The molecule has 1 atom stereocenters. The van der Waals surface area contributed by atoms with E-state index in [1.807, 2.05) is 0 Å². The second kappa shape index (κ2) is 7.05. The van der Waals surface area contributed by atoms with Crippen molar-refractivity contribution in [3.05, 3.63) is 39.8 Å². The summed E-state index contributed by atoms with van der Waals surface area (Å²) in [4.78, 5) is 12.4. The molecule has 0 saturated heterocycles. The van der Waals surface area contributed by atoms with E-state index in [0.29, 0.717) is 23.3 Å². The summed E-state index contributed by atoms with van der Waals surface area (Å²) >= 11 is 0. The highest BCUT2D eigenvalue weighted by molar-refractivity contribution is 6.74. The zero-order valence-corrected chi connectivity index (χ0v) is 16.7. The van der Waals surface area contributed by atoms with Crippen LogP contribution in [-0.4, -0.2) is 15.4 Å². The van der Waals surface area contributed by atoms with Crippen LogP contribution < -0.4 is 10.2 Å². The van der Waals surface area contributed by atoms with Gasteiger partial charge in [0.25, 0.3) is 5.95 Å². The molecule has 4 nitrogen and oxygen atoms in total. The molecule has 0 saturated carbocycles. The lowest BCUT2D eigenvalue weighted by Crippen LogP contribution is -2.42. The first-order valence-corrected chi connectivity index (χ1v) is 10.8. The molecule has 1 heterocycles. The van der Waals surface area contributed by atoms with E-state index in [4.69, 9.17) is 13.6 Å². The molecule has 0 fully saturated rings. The lowest BCUT2D eigenvalue weighted by Gasteiger charge is -2.39. The minimum atomic E-state index is -2.02. The highest BCUT2D eigenvalue weighted by Gasteiger charge is 2.40. The Morgan fingerprint density at radius 1 is 1.26 bits per heavy atom. The van der Waals surface area contributed by atoms with Crippen LogP contribution in [0.3, 0.4) is 0 Å². The van der Waals surface area contributed by atoms with E-state index < -0.39 is 8.32 Å². The van der Waals surface area contributed by atoms with Gasteiger partial charge in [-0.15, -0.1) is 6.58 Å². The van der Waals surface area contributed by atoms with Crippen molar-refractivity contribution < 1.29 is 13.6 Å². The third-order valence-corrected chi connectivity index (χ3v) is 9.15. The fourth-order valence-electron chi connectivity index (χ4n) is 2.13. The van der Waals surface area contributed by atoms with E-state index in [2.05, 4.69) is 40.4 Å². The van der Waals surface area contributed by atoms with Crippen molar-refractivity contribution in [2.24, 2.45) is 0 Å². The maximum Gasteiger partial charge on any atom is 0.291 e. The van der Waals surface area contributed by atoms with Gasteiger partial charge in [-0.05, 0) is 38.4 Å². The molecule has 1 rings (SSSR count). The number of hydrogen-bond donors (Lipinski definition) is 0. The molecule has 0 spiro atoms. The Kier molecular flexibility index (Phi) is 6.04. The molecule has 0 amide bonds. The molecule has 1 aromatic rings. The minimum Gasteiger partial charge on any atom is -0.468 e. The fraction of sp³-hybridized carbons (Fsp3) is 0.611. The summed E-state index contributed by atoms with van der Waals surface area (Å²) in [5.41, 5.74) is 1.00. The van der Waals surface area contributed by atoms with Crippen LogP contribution in [0.2, 0.25) is 18.1 Å². The van der Waals surface area contributed by atoms with Gasteiger partial charge in [0.15, 0.2) is 13.7 Å². The van der Waals surface area contributed by atoms with E-state index >= 15 is 0 Å². The molecular weight excluding hydrogens is 308 g/mol. The summed E-state index contributed by atoms with van der Waals surface area (Å²) in [6.45, 7) is 18.2. The number of ether oxygens (including phenoxy) is 1. The highest BCUT2D eigenvalue weighted by Crippen LogP contribution is 2.41. The molecule has 0 unspecified atom stereocenters. The molecule has 130 valence electrons. The molecule has 0 radical (unpaired) electrons. The lowest BCUT2D eigenvalue weighted by molar-refractivity contribution is 0.145. The smallest absolute Gasteiger partial charge is 0.291 e. The van der Waals surface area contributed by atoms with Crippen molar-refractivity contribution in [1.29, 1.82) is 0 Å². The van der Waals surface area contributed by atoms with Gasteiger partial charge >= 0.3 is 0 Å². The van der Waals surface area contributed by atoms with Crippen LogP contribution >= 0.6 is 0 Å². The van der Waals surface area contributed by atoms with Gasteiger partial charge in [-0.3, -0.25) is 4.79 Å². The molecule has 0 aromatic carbocycles. The Bertz CT molecular complexity index is 623. The van der Waals surface area contributed by atoms with E-state index in [1.54, 1.807) is 19.9 Å². The predicted molar refractivity (Wildman–Crippen MR) is 96.8 cm³/mol. The van der Waals surface area contributed by atoms with Crippen molar-refractivity contribution in [3.63, 3.8) is 0 Å². The van der Waals surface area contributed by atoms with Gasteiger partial charge in [-0.2, -0.15) is 0 Å². The quantitative estimate of drug-likeness (QED) is 0.546. The van der Waals surface area contributed by atoms with Gasteiger partial charge in [-0.1, -0.05) is 26.8 Å². The Balaban J connectivity index is 3.40. The van der Waals surface area contributed by atoms with Crippen molar-refractivity contribution in [2.45, 2.75) is 65.3 Å². The second-order valence-electron chi connectivity index (χ2n) is 7.43. The van der Waals surface area contributed by atoms with Crippen LogP contribution in [0, 0.1) is 13.8 Å². The maximum atomic E-state index is 12.4. The molecule has 0 N–H and O–H groups in total. The van der Waals surface area contributed by atoms with Crippen LogP contribution in [0.5, 0.6) is 5.95 Å². The standard InChI is InChI=1S/C18H30O4Si/c1-10-11-14(22-23(8,9)18(4,5)6)16-12(2)15(19)13(3)17(20-7)21-16/h10,14H,1,11H2,2-9H3/t14-/m1/s1. The van der Waals surface area contributed by atoms with Crippen molar-refractivity contribution in [1.82, 2.24) is 0 Å². The van der Waals surface area contributed by atoms with Crippen LogP contribution in [-0.2, 0) is 4.43 Å².